The molecule has 0 saturated carbocycles. The molecule has 1 heterocycles. The Morgan fingerprint density at radius 2 is 2.14 bits per heavy atom. The van der Waals surface area contributed by atoms with Crippen LogP contribution in [0.3, 0.4) is 0 Å². The summed E-state index contributed by atoms with van der Waals surface area (Å²) < 4.78 is 25.9. The number of hydrogen-bond donors (Lipinski definition) is 2. The zero-order chi connectivity index (χ0) is 15.4. The van der Waals surface area contributed by atoms with Crippen molar-refractivity contribution in [3.05, 3.63) is 46.5 Å². The molecule has 112 valence electrons. The summed E-state index contributed by atoms with van der Waals surface area (Å²) in [5.74, 6) is -2.56. The molecule has 1 aromatic heterocycles. The largest absolute Gasteiger partial charge is 0.309 e. The average Bonchev–Trinajstić information content (AvgIpc) is 2.90. The molecule has 0 fully saturated rings. The second kappa shape index (κ2) is 6.73. The minimum Gasteiger partial charge on any atom is -0.309 e. The summed E-state index contributed by atoms with van der Waals surface area (Å²) in [5.41, 5.74) is 0.868. The van der Waals surface area contributed by atoms with Crippen LogP contribution in [0, 0.1) is 11.6 Å². The van der Waals surface area contributed by atoms with E-state index in [1.807, 2.05) is 19.2 Å². The second-order valence-electron chi connectivity index (χ2n) is 4.44. The third-order valence-electron chi connectivity index (χ3n) is 2.88. The van der Waals surface area contributed by atoms with Gasteiger partial charge in [-0.05, 0) is 31.7 Å². The molecule has 1 unspecified atom stereocenters. The lowest BCUT2D eigenvalue weighted by Crippen LogP contribution is -2.18. The Morgan fingerprint density at radius 3 is 2.81 bits per heavy atom. The van der Waals surface area contributed by atoms with Crippen LogP contribution in [0.15, 0.2) is 23.6 Å². The lowest BCUT2D eigenvalue weighted by Gasteiger charge is -2.08. The number of thiazole rings is 1. The molecular formula is C14H15F2N3OS. The first kappa shape index (κ1) is 15.5. The molecule has 2 rings (SSSR count). The first-order chi connectivity index (χ1) is 10.0. The number of aromatic nitrogens is 1. The van der Waals surface area contributed by atoms with Crippen molar-refractivity contribution >= 4 is 22.4 Å². The number of amides is 1. The van der Waals surface area contributed by atoms with Crippen molar-refractivity contribution in [1.29, 1.82) is 0 Å². The number of nitrogens with one attached hydrogen (secondary N) is 2. The van der Waals surface area contributed by atoms with Crippen LogP contribution in [0.25, 0.3) is 0 Å². The van der Waals surface area contributed by atoms with Crippen LogP contribution < -0.4 is 10.6 Å². The standard InChI is InChI=1S/C14H15F2N3OS/c1-3-17-8(2)12-7-21-14(18-12)19-13(20)9-4-5-10(15)11(16)6-9/h4-8,17H,3H2,1-2H3,(H,18,19,20). The Kier molecular flexibility index (Phi) is 4.98. The Bertz CT molecular complexity index is 645. The molecule has 7 heteroatoms. The molecule has 0 bridgehead atoms. The highest BCUT2D eigenvalue weighted by Gasteiger charge is 2.13. The van der Waals surface area contributed by atoms with E-state index in [0.29, 0.717) is 5.13 Å². The number of rotatable bonds is 5. The van der Waals surface area contributed by atoms with E-state index in [-0.39, 0.29) is 11.6 Å². The highest BCUT2D eigenvalue weighted by molar-refractivity contribution is 7.14. The molecule has 2 N–H and O–H groups in total. The van der Waals surface area contributed by atoms with E-state index in [9.17, 15) is 13.6 Å². The molecule has 0 spiro atoms. The van der Waals surface area contributed by atoms with E-state index in [2.05, 4.69) is 15.6 Å². The van der Waals surface area contributed by atoms with E-state index in [4.69, 9.17) is 0 Å². The van der Waals surface area contributed by atoms with Gasteiger partial charge in [0.2, 0.25) is 0 Å². The van der Waals surface area contributed by atoms with Gasteiger partial charge in [-0.1, -0.05) is 6.92 Å². The fourth-order valence-corrected chi connectivity index (χ4v) is 2.56. The van der Waals surface area contributed by atoms with Gasteiger partial charge in [0, 0.05) is 17.0 Å². The molecule has 1 aromatic carbocycles. The van der Waals surface area contributed by atoms with Crippen LogP contribution in [0.2, 0.25) is 0 Å². The second-order valence-corrected chi connectivity index (χ2v) is 5.30. The van der Waals surface area contributed by atoms with Crippen molar-refractivity contribution in [2.24, 2.45) is 0 Å². The summed E-state index contributed by atoms with van der Waals surface area (Å²) in [4.78, 5) is 16.2. The Balaban J connectivity index is 2.07. The van der Waals surface area contributed by atoms with E-state index < -0.39 is 17.5 Å². The van der Waals surface area contributed by atoms with E-state index in [0.717, 1.165) is 24.4 Å². The molecule has 21 heavy (non-hydrogen) atoms. The zero-order valence-electron chi connectivity index (χ0n) is 11.6. The molecule has 4 nitrogen and oxygen atoms in total. The van der Waals surface area contributed by atoms with Crippen LogP contribution in [-0.4, -0.2) is 17.4 Å². The van der Waals surface area contributed by atoms with Crippen molar-refractivity contribution in [3.63, 3.8) is 0 Å². The average molecular weight is 311 g/mol. The number of anilines is 1. The Hall–Kier alpha value is -1.86. The number of carbonyl (C=O) groups excluding carboxylic acids is 1. The van der Waals surface area contributed by atoms with Gasteiger partial charge in [-0.15, -0.1) is 11.3 Å². The van der Waals surface area contributed by atoms with E-state index in [1.165, 1.54) is 17.4 Å². The third-order valence-corrected chi connectivity index (χ3v) is 3.65. The van der Waals surface area contributed by atoms with Crippen molar-refractivity contribution in [2.75, 3.05) is 11.9 Å². The third kappa shape index (κ3) is 3.83. The van der Waals surface area contributed by atoms with Gasteiger partial charge in [-0.3, -0.25) is 10.1 Å². The molecule has 1 amide bonds. The molecule has 0 radical (unpaired) electrons. The highest BCUT2D eigenvalue weighted by atomic mass is 32.1. The van der Waals surface area contributed by atoms with Crippen LogP contribution >= 0.6 is 11.3 Å². The molecule has 0 aliphatic heterocycles. The lowest BCUT2D eigenvalue weighted by molar-refractivity contribution is 0.102. The molecule has 2 aromatic rings. The van der Waals surface area contributed by atoms with Gasteiger partial charge in [0.25, 0.3) is 5.91 Å². The number of carbonyl (C=O) groups is 1. The number of nitrogens with zero attached hydrogens (tertiary/aromatic N) is 1. The van der Waals surface area contributed by atoms with Gasteiger partial charge in [0.1, 0.15) is 0 Å². The van der Waals surface area contributed by atoms with Gasteiger partial charge >= 0.3 is 0 Å². The summed E-state index contributed by atoms with van der Waals surface area (Å²) in [6, 6.07) is 3.09. The van der Waals surface area contributed by atoms with Crippen LogP contribution in [0.5, 0.6) is 0 Å². The summed E-state index contributed by atoms with van der Waals surface area (Å²) in [5, 5.41) is 8.05. The van der Waals surface area contributed by atoms with Gasteiger partial charge in [0.05, 0.1) is 5.69 Å². The molecule has 0 saturated heterocycles. The highest BCUT2D eigenvalue weighted by Crippen LogP contribution is 2.21. The maximum absolute atomic E-state index is 13.1. The molecule has 1 atom stereocenters. The SMILES string of the molecule is CCNC(C)c1csc(NC(=O)c2ccc(F)c(F)c2)n1. The fraction of sp³-hybridized carbons (Fsp3) is 0.286. The van der Waals surface area contributed by atoms with Crippen molar-refractivity contribution in [2.45, 2.75) is 19.9 Å². The molecule has 0 aliphatic rings. The normalized spacial score (nSPS) is 12.2. The van der Waals surface area contributed by atoms with Gasteiger partial charge in [0.15, 0.2) is 16.8 Å². The molecular weight excluding hydrogens is 296 g/mol. The maximum atomic E-state index is 13.1. The monoisotopic (exact) mass is 311 g/mol. The lowest BCUT2D eigenvalue weighted by atomic mass is 10.2. The van der Waals surface area contributed by atoms with Gasteiger partial charge in [-0.2, -0.15) is 0 Å². The number of benzene rings is 1. The predicted molar refractivity (Wildman–Crippen MR) is 78.5 cm³/mol. The van der Waals surface area contributed by atoms with Gasteiger partial charge < -0.3 is 5.32 Å². The van der Waals surface area contributed by atoms with E-state index >= 15 is 0 Å². The number of hydrogen-bond acceptors (Lipinski definition) is 4. The molecule has 0 aliphatic carbocycles. The van der Waals surface area contributed by atoms with Crippen LogP contribution in [-0.2, 0) is 0 Å². The minimum absolute atomic E-state index is 0.0466. The summed E-state index contributed by atoms with van der Waals surface area (Å²) in [6.07, 6.45) is 0. The quantitative estimate of drug-likeness (QED) is 0.890. The van der Waals surface area contributed by atoms with Crippen LogP contribution in [0.1, 0.15) is 35.9 Å². The zero-order valence-corrected chi connectivity index (χ0v) is 12.4. The predicted octanol–water partition coefficient (Wildman–Crippen LogP) is 3.34. The first-order valence-electron chi connectivity index (χ1n) is 6.46. The summed E-state index contributed by atoms with van der Waals surface area (Å²) in [7, 11) is 0. The van der Waals surface area contributed by atoms with Crippen LogP contribution in [0.4, 0.5) is 13.9 Å². The Morgan fingerprint density at radius 1 is 1.38 bits per heavy atom. The van der Waals surface area contributed by atoms with Crippen molar-refractivity contribution in [3.8, 4) is 0 Å². The van der Waals surface area contributed by atoms with Crippen molar-refractivity contribution < 1.29 is 13.6 Å². The maximum Gasteiger partial charge on any atom is 0.257 e. The smallest absolute Gasteiger partial charge is 0.257 e. The minimum atomic E-state index is -1.05. The Labute approximate surface area is 125 Å². The first-order valence-corrected chi connectivity index (χ1v) is 7.34. The van der Waals surface area contributed by atoms with Crippen molar-refractivity contribution in [1.82, 2.24) is 10.3 Å². The van der Waals surface area contributed by atoms with E-state index in [1.54, 1.807) is 0 Å². The summed E-state index contributed by atoms with van der Waals surface area (Å²) in [6.45, 7) is 4.78. The summed E-state index contributed by atoms with van der Waals surface area (Å²) >= 11 is 1.28. The fourth-order valence-electron chi connectivity index (χ4n) is 1.76. The van der Waals surface area contributed by atoms with Gasteiger partial charge in [-0.25, -0.2) is 13.8 Å². The topological polar surface area (TPSA) is 54.0 Å². The number of halogens is 2.